The van der Waals surface area contributed by atoms with Crippen LogP contribution >= 0.6 is 11.8 Å². The molecule has 0 aromatic carbocycles. The zero-order chi connectivity index (χ0) is 27.8. The molecule has 0 saturated heterocycles. The molecule has 204 valence electrons. The second kappa shape index (κ2) is 10.5. The van der Waals surface area contributed by atoms with E-state index in [1.54, 1.807) is 39.8 Å². The second-order valence-corrected chi connectivity index (χ2v) is 18.8. The highest BCUT2D eigenvalue weighted by Crippen LogP contribution is 2.67. The maximum atomic E-state index is 15.1. The van der Waals surface area contributed by atoms with Gasteiger partial charge in [-0.15, -0.1) is 0 Å². The van der Waals surface area contributed by atoms with Gasteiger partial charge in [0.15, 0.2) is 5.17 Å². The van der Waals surface area contributed by atoms with Crippen molar-refractivity contribution in [3.8, 4) is 0 Å². The van der Waals surface area contributed by atoms with Crippen molar-refractivity contribution in [2.24, 2.45) is 10.9 Å². The van der Waals surface area contributed by atoms with E-state index in [2.05, 4.69) is 31.2 Å². The van der Waals surface area contributed by atoms with Crippen molar-refractivity contribution in [3.05, 3.63) is 35.9 Å². The number of fused-ring (bicyclic) bond motifs is 1. The lowest BCUT2D eigenvalue weighted by Gasteiger charge is -2.37. The van der Waals surface area contributed by atoms with E-state index < -0.39 is 42.0 Å². The first-order chi connectivity index (χ1) is 17.1. The van der Waals surface area contributed by atoms with Gasteiger partial charge < -0.3 is 14.2 Å². The van der Waals surface area contributed by atoms with E-state index in [1.165, 1.54) is 18.2 Å². The van der Waals surface area contributed by atoms with Crippen molar-refractivity contribution in [2.75, 3.05) is 20.4 Å². The van der Waals surface area contributed by atoms with Crippen molar-refractivity contribution in [3.63, 3.8) is 0 Å². The zero-order valence-corrected chi connectivity index (χ0v) is 24.8. The Hall–Kier alpha value is -2.24. The van der Waals surface area contributed by atoms with E-state index in [1.807, 2.05) is 0 Å². The minimum atomic E-state index is -1.37. The van der Waals surface area contributed by atoms with Gasteiger partial charge in [-0.2, -0.15) is 4.39 Å². The fourth-order valence-electron chi connectivity index (χ4n) is 4.24. The zero-order valence-electron chi connectivity index (χ0n) is 23.0. The highest BCUT2D eigenvalue weighted by atomic mass is 32.2. The lowest BCUT2D eigenvalue weighted by molar-refractivity contribution is -0.141. The number of rotatable bonds is 8. The highest BCUT2D eigenvalue weighted by molar-refractivity contribution is 8.15. The van der Waals surface area contributed by atoms with E-state index in [0.717, 1.165) is 17.8 Å². The summed E-state index contributed by atoms with van der Waals surface area (Å²) in [6.07, 6.45) is 2.70. The van der Waals surface area contributed by atoms with Gasteiger partial charge >= 0.3 is 12.1 Å². The molecule has 0 N–H and O–H groups in total. The van der Waals surface area contributed by atoms with E-state index >= 15 is 4.39 Å². The number of carbonyl (C=O) groups is 2. The summed E-state index contributed by atoms with van der Waals surface area (Å²) in [7, 11) is -0.0451. The minimum Gasteiger partial charge on any atom is -0.468 e. The predicted octanol–water partition coefficient (Wildman–Crippen LogP) is 5.66. The van der Waals surface area contributed by atoms with Crippen molar-refractivity contribution >= 4 is 43.1 Å². The second-order valence-electron chi connectivity index (χ2n) is 11.8. The van der Waals surface area contributed by atoms with Crippen LogP contribution in [-0.4, -0.2) is 66.0 Å². The fourth-order valence-corrected chi connectivity index (χ4v) is 6.59. The molecule has 3 atom stereocenters. The summed E-state index contributed by atoms with van der Waals surface area (Å²) in [5.41, 5.74) is -1.12. The molecule has 0 spiro atoms. The molecule has 2 aliphatic rings. The van der Waals surface area contributed by atoms with Crippen LogP contribution in [0, 0.1) is 11.9 Å². The lowest BCUT2D eigenvalue weighted by Crippen LogP contribution is -2.47. The van der Waals surface area contributed by atoms with Crippen molar-refractivity contribution in [1.82, 2.24) is 9.88 Å². The molecule has 0 radical (unpaired) electrons. The average molecular weight is 552 g/mol. The summed E-state index contributed by atoms with van der Waals surface area (Å²) < 4.78 is 30.8. The first-order valence-electron chi connectivity index (χ1n) is 12.3. The van der Waals surface area contributed by atoms with Crippen molar-refractivity contribution in [1.29, 1.82) is 0 Å². The third kappa shape index (κ3) is 6.43. The number of halogens is 1. The number of nitrogens with zero attached hydrogens (tertiary/aromatic N) is 3. The molecule has 8 nitrogen and oxygen atoms in total. The molecule has 2 heterocycles. The number of esters is 1. The van der Waals surface area contributed by atoms with Gasteiger partial charge in [-0.3, -0.25) is 9.79 Å². The molecule has 1 aromatic heterocycles. The normalized spacial score (nSPS) is 25.0. The Kier molecular flexibility index (Phi) is 8.31. The molecule has 0 bridgehead atoms. The average Bonchev–Trinajstić information content (AvgIpc) is 3.54. The number of pyridine rings is 1. The largest absolute Gasteiger partial charge is 0.468 e. The van der Waals surface area contributed by atoms with Gasteiger partial charge in [0.25, 0.3) is 0 Å². The van der Waals surface area contributed by atoms with Gasteiger partial charge in [-0.05, 0) is 51.8 Å². The maximum absolute atomic E-state index is 15.1. The first kappa shape index (κ1) is 29.3. The number of aromatic nitrogens is 1. The summed E-state index contributed by atoms with van der Waals surface area (Å²) >= 11 is 1.15. The Labute approximate surface area is 224 Å². The number of ether oxygens (including phenoxy) is 3. The molecular formula is C26H38FN3O5SSi. The highest BCUT2D eigenvalue weighted by Gasteiger charge is 2.72. The van der Waals surface area contributed by atoms with Crippen LogP contribution < -0.4 is 0 Å². The van der Waals surface area contributed by atoms with Gasteiger partial charge in [0.05, 0.1) is 12.6 Å². The number of aliphatic imine (C=N–C) groups is 1. The number of hydrogen-bond acceptors (Lipinski definition) is 8. The summed E-state index contributed by atoms with van der Waals surface area (Å²) in [6, 6.07) is 2.54. The predicted molar refractivity (Wildman–Crippen MR) is 147 cm³/mol. The monoisotopic (exact) mass is 551 g/mol. The van der Waals surface area contributed by atoms with Crippen LogP contribution in [0.4, 0.5) is 9.18 Å². The number of amidine groups is 1. The fraction of sp³-hybridized carbons (Fsp3) is 0.615. The quantitative estimate of drug-likeness (QED) is 0.135. The van der Waals surface area contributed by atoms with Crippen LogP contribution in [0.3, 0.4) is 0 Å². The third-order valence-electron chi connectivity index (χ3n) is 6.42. The van der Waals surface area contributed by atoms with Gasteiger partial charge in [0.1, 0.15) is 17.1 Å². The molecule has 1 amide bonds. The van der Waals surface area contributed by atoms with Gasteiger partial charge in [-0.1, -0.05) is 44.1 Å². The van der Waals surface area contributed by atoms with E-state index in [4.69, 9.17) is 19.2 Å². The third-order valence-corrected chi connectivity index (χ3v) is 9.60. The lowest BCUT2D eigenvalue weighted by atomic mass is 9.86. The van der Waals surface area contributed by atoms with Gasteiger partial charge in [0.2, 0.25) is 5.95 Å². The summed E-state index contributed by atoms with van der Waals surface area (Å²) in [5.74, 6) is -1.49. The maximum Gasteiger partial charge on any atom is 0.418 e. The molecule has 1 aliphatic heterocycles. The number of hydrogen-bond donors (Lipinski definition) is 0. The Balaban J connectivity index is 2.07. The van der Waals surface area contributed by atoms with Crippen LogP contribution in [0.1, 0.15) is 45.2 Å². The Bertz CT molecular complexity index is 1100. The topological polar surface area (TPSA) is 90.3 Å². The minimum absolute atomic E-state index is 0.114. The van der Waals surface area contributed by atoms with Crippen LogP contribution in [0.2, 0.25) is 25.7 Å². The van der Waals surface area contributed by atoms with Crippen LogP contribution in [0.25, 0.3) is 6.08 Å². The number of carbonyl (C=O) groups excluding carboxylic acids is 2. The Morgan fingerprint density at radius 3 is 2.59 bits per heavy atom. The standard InChI is InChI=1S/C26H38FN3O5SSi/c1-10-17-13-18(20(27)28-15-17)25(5)19-14-26(19,21(31)33-6)36-22(29-25)30(23(32)35-24(2,3)4)16-34-11-12-37(7,8)9/h10,13,15,19H,1,11-12,14,16H2,2-9H3/t19-,25+,26-/m0/s1. The Morgan fingerprint density at radius 2 is 2.03 bits per heavy atom. The van der Waals surface area contributed by atoms with Crippen LogP contribution in [-0.2, 0) is 24.5 Å². The SMILES string of the molecule is C=Cc1cnc(F)c([C@@]2(C)N=C(N(COCC[Si](C)(C)C)C(=O)OC(C)(C)C)S[C@@]3(C(=O)OC)C[C@H]32)c1. The molecule has 1 aliphatic carbocycles. The smallest absolute Gasteiger partial charge is 0.418 e. The summed E-state index contributed by atoms with van der Waals surface area (Å²) in [5, 5.41) is 0.215. The molecule has 37 heavy (non-hydrogen) atoms. The van der Waals surface area contributed by atoms with Crippen LogP contribution in [0.15, 0.2) is 23.8 Å². The summed E-state index contributed by atoms with van der Waals surface area (Å²) in [4.78, 5) is 36.4. The number of methoxy groups -OCH3 is 1. The molecular weight excluding hydrogens is 513 g/mol. The van der Waals surface area contributed by atoms with E-state index in [0.29, 0.717) is 18.6 Å². The molecule has 3 rings (SSSR count). The molecule has 11 heteroatoms. The molecule has 1 aromatic rings. The van der Waals surface area contributed by atoms with Gasteiger partial charge in [0, 0.05) is 32.4 Å². The number of thioether (sulfide) groups is 1. The number of amides is 1. The Morgan fingerprint density at radius 1 is 1.35 bits per heavy atom. The molecule has 1 fully saturated rings. The van der Waals surface area contributed by atoms with Gasteiger partial charge in [-0.25, -0.2) is 14.7 Å². The molecule has 1 saturated carbocycles. The van der Waals surface area contributed by atoms with Crippen molar-refractivity contribution in [2.45, 2.75) is 75.7 Å². The van der Waals surface area contributed by atoms with E-state index in [9.17, 15) is 9.59 Å². The van der Waals surface area contributed by atoms with Crippen molar-refractivity contribution < 1.29 is 28.2 Å². The first-order valence-corrected chi connectivity index (χ1v) is 16.8. The molecule has 0 unspecified atom stereocenters. The van der Waals surface area contributed by atoms with E-state index in [-0.39, 0.29) is 23.4 Å². The summed E-state index contributed by atoms with van der Waals surface area (Å²) in [6.45, 7) is 17.9. The van der Waals surface area contributed by atoms with Crippen LogP contribution in [0.5, 0.6) is 0 Å².